The average molecular weight is 362 g/mol. The molecule has 1 aromatic heterocycles. The number of nitrogens with zero attached hydrogens (tertiary/aromatic N) is 3. The summed E-state index contributed by atoms with van der Waals surface area (Å²) in [6, 6.07) is 8.24. The monoisotopic (exact) mass is 362 g/mol. The van der Waals surface area contributed by atoms with E-state index in [2.05, 4.69) is 35.1 Å². The summed E-state index contributed by atoms with van der Waals surface area (Å²) in [4.78, 5) is 23.9. The first-order valence-corrected chi connectivity index (χ1v) is 10.1. The van der Waals surface area contributed by atoms with Gasteiger partial charge >= 0.3 is 0 Å². The van der Waals surface area contributed by atoms with Crippen molar-refractivity contribution in [3.63, 3.8) is 0 Å². The van der Waals surface area contributed by atoms with E-state index in [0.29, 0.717) is 17.8 Å². The molecule has 2 N–H and O–H groups in total. The number of hydrogen-bond donors (Lipinski definition) is 1. The van der Waals surface area contributed by atoms with Crippen LogP contribution in [0.2, 0.25) is 0 Å². The van der Waals surface area contributed by atoms with Crippen LogP contribution < -0.4 is 5.73 Å². The molecule has 140 valence electrons. The molecule has 27 heavy (non-hydrogen) atoms. The topological polar surface area (TPSA) is 71.6 Å². The SMILES string of the molecule is C[C@@H]1C[C@H](c2ccc(C3=NC3)c3ncccc23)CN(C(=O)[C@@H](N)C2CC2)C1. The van der Waals surface area contributed by atoms with Crippen LogP contribution in [0.5, 0.6) is 0 Å². The van der Waals surface area contributed by atoms with Crippen LogP contribution in [0.3, 0.4) is 0 Å². The molecule has 3 aliphatic rings. The van der Waals surface area contributed by atoms with Gasteiger partial charge in [-0.15, -0.1) is 0 Å². The Hall–Kier alpha value is -2.27. The number of benzene rings is 1. The Morgan fingerprint density at radius 3 is 2.81 bits per heavy atom. The van der Waals surface area contributed by atoms with Gasteiger partial charge in [-0.3, -0.25) is 14.8 Å². The van der Waals surface area contributed by atoms with E-state index in [0.717, 1.165) is 55.7 Å². The van der Waals surface area contributed by atoms with Crippen molar-refractivity contribution in [1.82, 2.24) is 9.88 Å². The standard InChI is InChI=1S/C22H26N4O/c1-13-9-15(12-26(11-13)22(27)20(23)14-4-5-14)16-6-7-18(19-10-25-19)21-17(16)3-2-8-24-21/h2-3,6-8,13-15,20H,4-5,9-12,23H2,1H3/t13-,15+,20+/m1/s1. The van der Waals surface area contributed by atoms with Crippen LogP contribution in [-0.4, -0.2) is 47.2 Å². The molecule has 5 heteroatoms. The van der Waals surface area contributed by atoms with Gasteiger partial charge in [-0.25, -0.2) is 0 Å². The highest BCUT2D eigenvalue weighted by Gasteiger charge is 2.38. The first kappa shape index (κ1) is 16.9. The zero-order valence-corrected chi connectivity index (χ0v) is 15.8. The van der Waals surface area contributed by atoms with E-state index in [9.17, 15) is 4.79 Å². The van der Waals surface area contributed by atoms with Gasteiger partial charge < -0.3 is 10.6 Å². The molecular formula is C22H26N4O. The Kier molecular flexibility index (Phi) is 4.01. The number of carbonyl (C=O) groups is 1. The van der Waals surface area contributed by atoms with Crippen molar-refractivity contribution < 1.29 is 4.79 Å². The van der Waals surface area contributed by atoms with Crippen LogP contribution in [-0.2, 0) is 4.79 Å². The first-order valence-electron chi connectivity index (χ1n) is 10.1. The Bertz CT molecular complexity index is 933. The molecule has 1 amide bonds. The van der Waals surface area contributed by atoms with Crippen molar-refractivity contribution in [1.29, 1.82) is 0 Å². The normalized spacial score (nSPS) is 26.0. The lowest BCUT2D eigenvalue weighted by molar-refractivity contribution is -0.135. The van der Waals surface area contributed by atoms with Gasteiger partial charge in [0, 0.05) is 36.2 Å². The van der Waals surface area contributed by atoms with Crippen molar-refractivity contribution >= 4 is 22.5 Å². The molecule has 2 aromatic rings. The second-order valence-corrected chi connectivity index (χ2v) is 8.51. The molecule has 2 aliphatic heterocycles. The van der Waals surface area contributed by atoms with Crippen molar-refractivity contribution in [2.24, 2.45) is 22.6 Å². The predicted octanol–water partition coefficient (Wildman–Crippen LogP) is 2.73. The highest BCUT2D eigenvalue weighted by Crippen LogP contribution is 2.37. The number of amides is 1. The van der Waals surface area contributed by atoms with Crippen LogP contribution in [0, 0.1) is 11.8 Å². The molecule has 2 fully saturated rings. The highest BCUT2D eigenvalue weighted by molar-refractivity contribution is 6.17. The Morgan fingerprint density at radius 1 is 1.26 bits per heavy atom. The minimum Gasteiger partial charge on any atom is -0.340 e. The third-order valence-electron chi connectivity index (χ3n) is 6.26. The number of hydrogen-bond acceptors (Lipinski definition) is 4. The van der Waals surface area contributed by atoms with E-state index < -0.39 is 0 Å². The fraction of sp³-hybridized carbons (Fsp3) is 0.500. The molecule has 0 bridgehead atoms. The summed E-state index contributed by atoms with van der Waals surface area (Å²) in [6.45, 7) is 4.64. The van der Waals surface area contributed by atoms with Gasteiger partial charge in [-0.2, -0.15) is 0 Å². The number of aliphatic imine (C=N–C) groups is 1. The van der Waals surface area contributed by atoms with Crippen molar-refractivity contribution in [2.45, 2.75) is 38.1 Å². The number of fused-ring (bicyclic) bond motifs is 1. The van der Waals surface area contributed by atoms with E-state index >= 15 is 0 Å². The van der Waals surface area contributed by atoms with E-state index in [4.69, 9.17) is 5.73 Å². The van der Waals surface area contributed by atoms with Gasteiger partial charge in [0.1, 0.15) is 0 Å². The summed E-state index contributed by atoms with van der Waals surface area (Å²) in [6.07, 6.45) is 5.14. The molecule has 1 saturated heterocycles. The zero-order valence-electron chi connectivity index (χ0n) is 15.8. The molecule has 3 heterocycles. The Morgan fingerprint density at radius 2 is 2.07 bits per heavy atom. The summed E-state index contributed by atoms with van der Waals surface area (Å²) >= 11 is 0. The fourth-order valence-electron chi connectivity index (χ4n) is 4.62. The van der Waals surface area contributed by atoms with E-state index in [1.165, 1.54) is 10.9 Å². The molecule has 1 aromatic carbocycles. The summed E-state index contributed by atoms with van der Waals surface area (Å²) in [5, 5.41) is 1.20. The van der Waals surface area contributed by atoms with Crippen molar-refractivity contribution in [3.8, 4) is 0 Å². The average Bonchev–Trinajstić information content (AvgIpc) is 3.57. The van der Waals surface area contributed by atoms with Crippen LogP contribution in [0.1, 0.15) is 43.2 Å². The number of carbonyl (C=O) groups excluding carboxylic acids is 1. The van der Waals surface area contributed by atoms with E-state index in [1.54, 1.807) is 0 Å². The van der Waals surface area contributed by atoms with Crippen molar-refractivity contribution in [3.05, 3.63) is 41.6 Å². The minimum absolute atomic E-state index is 0.139. The van der Waals surface area contributed by atoms with E-state index in [1.807, 2.05) is 17.2 Å². The summed E-state index contributed by atoms with van der Waals surface area (Å²) in [5.74, 6) is 1.33. The second-order valence-electron chi connectivity index (χ2n) is 8.51. The summed E-state index contributed by atoms with van der Waals surface area (Å²) in [7, 11) is 0. The summed E-state index contributed by atoms with van der Waals surface area (Å²) in [5.41, 5.74) is 10.9. The number of rotatable bonds is 4. The van der Waals surface area contributed by atoms with Gasteiger partial charge in [-0.1, -0.05) is 25.1 Å². The van der Waals surface area contributed by atoms with Crippen LogP contribution >= 0.6 is 0 Å². The largest absolute Gasteiger partial charge is 0.340 e. The van der Waals surface area contributed by atoms with Crippen LogP contribution in [0.4, 0.5) is 0 Å². The van der Waals surface area contributed by atoms with Gasteiger partial charge in [0.25, 0.3) is 0 Å². The molecular weight excluding hydrogens is 336 g/mol. The van der Waals surface area contributed by atoms with Gasteiger partial charge in [0.2, 0.25) is 5.91 Å². The number of pyridine rings is 1. The quantitative estimate of drug-likeness (QED) is 0.909. The van der Waals surface area contributed by atoms with E-state index in [-0.39, 0.29) is 11.9 Å². The maximum Gasteiger partial charge on any atom is 0.239 e. The smallest absolute Gasteiger partial charge is 0.239 e. The van der Waals surface area contributed by atoms with Crippen LogP contribution in [0.25, 0.3) is 10.9 Å². The predicted molar refractivity (Wildman–Crippen MR) is 107 cm³/mol. The van der Waals surface area contributed by atoms with Gasteiger partial charge in [0.15, 0.2) is 0 Å². The highest BCUT2D eigenvalue weighted by atomic mass is 16.2. The molecule has 3 atom stereocenters. The van der Waals surface area contributed by atoms with Crippen LogP contribution in [0.15, 0.2) is 35.5 Å². The van der Waals surface area contributed by atoms with Crippen molar-refractivity contribution in [2.75, 3.05) is 19.6 Å². The fourth-order valence-corrected chi connectivity index (χ4v) is 4.62. The number of nitrogens with two attached hydrogens (primary N) is 1. The third kappa shape index (κ3) is 3.14. The Balaban J connectivity index is 1.47. The molecule has 0 unspecified atom stereocenters. The van der Waals surface area contributed by atoms with Gasteiger partial charge in [-0.05, 0) is 42.7 Å². The lowest BCUT2D eigenvalue weighted by Crippen LogP contribution is -2.50. The Labute approximate surface area is 159 Å². The molecule has 5 rings (SSSR count). The van der Waals surface area contributed by atoms with Gasteiger partial charge in [0.05, 0.1) is 23.8 Å². The number of piperidine rings is 1. The lowest BCUT2D eigenvalue weighted by atomic mass is 9.83. The maximum absolute atomic E-state index is 12.9. The maximum atomic E-state index is 12.9. The molecule has 0 radical (unpaired) electrons. The minimum atomic E-state index is -0.315. The molecule has 1 saturated carbocycles. The molecule has 0 spiro atoms. The zero-order chi connectivity index (χ0) is 18.5. The lowest BCUT2D eigenvalue weighted by Gasteiger charge is -2.38. The summed E-state index contributed by atoms with van der Waals surface area (Å²) < 4.78 is 0. The number of likely N-dealkylation sites (tertiary alicyclic amines) is 1. The first-order chi connectivity index (χ1) is 13.1. The number of aromatic nitrogens is 1. The molecule has 1 aliphatic carbocycles. The second kappa shape index (κ2) is 6.41. The molecule has 5 nitrogen and oxygen atoms in total. The third-order valence-corrected chi connectivity index (χ3v) is 6.26.